The maximum absolute atomic E-state index is 12.3. The lowest BCUT2D eigenvalue weighted by atomic mass is 10.2. The van der Waals surface area contributed by atoms with Gasteiger partial charge in [-0.25, -0.2) is 4.79 Å². The summed E-state index contributed by atoms with van der Waals surface area (Å²) >= 11 is 0. The molecule has 0 aliphatic carbocycles. The predicted octanol–water partition coefficient (Wildman–Crippen LogP) is 0.130. The zero-order chi connectivity index (χ0) is 14.7. The molecule has 1 unspecified atom stereocenters. The standard InChI is InChI=1S/C13H15N3O4/c1-8(17)15-9-4-6-16(7-9)12(18)11-10(13(19)20)3-2-5-14-11/h2-3,5,9H,4,6-7H2,1H3,(H,15,17)(H,19,20). The monoisotopic (exact) mass is 277 g/mol. The summed E-state index contributed by atoms with van der Waals surface area (Å²) in [6.45, 7) is 2.26. The van der Waals surface area contributed by atoms with E-state index in [4.69, 9.17) is 5.11 Å². The van der Waals surface area contributed by atoms with Crippen LogP contribution in [0.1, 0.15) is 34.2 Å². The van der Waals surface area contributed by atoms with Crippen molar-refractivity contribution in [3.05, 3.63) is 29.6 Å². The molecule has 1 aliphatic rings. The Hall–Kier alpha value is -2.44. The van der Waals surface area contributed by atoms with Crippen molar-refractivity contribution in [1.82, 2.24) is 15.2 Å². The van der Waals surface area contributed by atoms with Crippen LogP contribution in [-0.2, 0) is 4.79 Å². The molecule has 0 radical (unpaired) electrons. The number of rotatable bonds is 3. The zero-order valence-electron chi connectivity index (χ0n) is 11.0. The molecular weight excluding hydrogens is 262 g/mol. The highest BCUT2D eigenvalue weighted by Gasteiger charge is 2.30. The minimum atomic E-state index is -1.18. The van der Waals surface area contributed by atoms with Crippen molar-refractivity contribution < 1.29 is 19.5 Å². The summed E-state index contributed by atoms with van der Waals surface area (Å²) in [5, 5.41) is 11.8. The van der Waals surface area contributed by atoms with E-state index in [9.17, 15) is 14.4 Å². The minimum absolute atomic E-state index is 0.0662. The van der Waals surface area contributed by atoms with Gasteiger partial charge in [-0.15, -0.1) is 0 Å². The lowest BCUT2D eigenvalue weighted by molar-refractivity contribution is -0.119. The molecule has 2 amide bonds. The molecule has 7 nitrogen and oxygen atoms in total. The molecule has 0 saturated carbocycles. The third kappa shape index (κ3) is 2.93. The number of carbonyl (C=O) groups excluding carboxylic acids is 2. The lowest BCUT2D eigenvalue weighted by Crippen LogP contribution is -2.37. The van der Waals surface area contributed by atoms with E-state index in [1.165, 1.54) is 30.2 Å². The van der Waals surface area contributed by atoms with Crippen molar-refractivity contribution in [3.8, 4) is 0 Å². The van der Waals surface area contributed by atoms with E-state index in [1.54, 1.807) is 0 Å². The van der Waals surface area contributed by atoms with Gasteiger partial charge in [-0.05, 0) is 18.6 Å². The number of likely N-dealkylation sites (tertiary alicyclic amines) is 1. The first-order valence-corrected chi connectivity index (χ1v) is 6.23. The number of carboxylic acid groups (broad SMARTS) is 1. The number of carboxylic acids is 1. The SMILES string of the molecule is CC(=O)NC1CCN(C(=O)c2ncccc2C(=O)O)C1. The van der Waals surface area contributed by atoms with Crippen molar-refractivity contribution >= 4 is 17.8 Å². The van der Waals surface area contributed by atoms with E-state index >= 15 is 0 Å². The van der Waals surface area contributed by atoms with Gasteiger partial charge in [-0.2, -0.15) is 0 Å². The molecular formula is C13H15N3O4. The van der Waals surface area contributed by atoms with Crippen LogP contribution >= 0.6 is 0 Å². The van der Waals surface area contributed by atoms with Crippen molar-refractivity contribution in [1.29, 1.82) is 0 Å². The number of pyridine rings is 1. The van der Waals surface area contributed by atoms with E-state index < -0.39 is 11.9 Å². The topological polar surface area (TPSA) is 99.6 Å². The minimum Gasteiger partial charge on any atom is -0.478 e. The molecule has 106 valence electrons. The Morgan fingerprint density at radius 1 is 1.45 bits per heavy atom. The van der Waals surface area contributed by atoms with Crippen LogP contribution in [-0.4, -0.2) is 51.9 Å². The van der Waals surface area contributed by atoms with E-state index in [1.807, 2.05) is 0 Å². The summed E-state index contributed by atoms with van der Waals surface area (Å²) in [5.41, 5.74) is -0.177. The summed E-state index contributed by atoms with van der Waals surface area (Å²) in [4.78, 5) is 39.7. The Balaban J connectivity index is 2.13. The molecule has 2 heterocycles. The number of nitrogens with zero attached hydrogens (tertiary/aromatic N) is 2. The van der Waals surface area contributed by atoms with Gasteiger partial charge < -0.3 is 15.3 Å². The normalized spacial score (nSPS) is 17.9. The van der Waals surface area contributed by atoms with Gasteiger partial charge in [0.15, 0.2) is 0 Å². The van der Waals surface area contributed by atoms with Gasteiger partial charge in [0, 0.05) is 32.3 Å². The first-order chi connectivity index (χ1) is 9.49. The fourth-order valence-electron chi connectivity index (χ4n) is 2.25. The van der Waals surface area contributed by atoms with E-state index in [0.717, 1.165) is 0 Å². The number of aromatic carboxylic acids is 1. The molecule has 1 saturated heterocycles. The van der Waals surface area contributed by atoms with Crippen molar-refractivity contribution in [2.24, 2.45) is 0 Å². The number of hydrogen-bond acceptors (Lipinski definition) is 4. The summed E-state index contributed by atoms with van der Waals surface area (Å²) in [7, 11) is 0. The Labute approximate surface area is 115 Å². The van der Waals surface area contributed by atoms with Crippen LogP contribution in [0.4, 0.5) is 0 Å². The third-order valence-corrected chi connectivity index (χ3v) is 3.12. The molecule has 2 rings (SSSR count). The van der Waals surface area contributed by atoms with E-state index in [2.05, 4.69) is 10.3 Å². The van der Waals surface area contributed by atoms with Crippen LogP contribution in [0, 0.1) is 0 Å². The van der Waals surface area contributed by atoms with Gasteiger partial charge in [-0.3, -0.25) is 14.6 Å². The highest BCUT2D eigenvalue weighted by molar-refractivity contribution is 6.03. The molecule has 1 aromatic heterocycles. The van der Waals surface area contributed by atoms with Gasteiger partial charge >= 0.3 is 5.97 Å². The second-order valence-corrected chi connectivity index (χ2v) is 4.64. The van der Waals surface area contributed by atoms with Crippen molar-refractivity contribution in [3.63, 3.8) is 0 Å². The number of carbonyl (C=O) groups is 3. The summed E-state index contributed by atoms with van der Waals surface area (Å²) in [6, 6.07) is 2.74. The van der Waals surface area contributed by atoms with Gasteiger partial charge in [0.25, 0.3) is 5.91 Å². The average molecular weight is 277 g/mol. The molecule has 7 heteroatoms. The maximum atomic E-state index is 12.3. The number of aromatic nitrogens is 1. The maximum Gasteiger partial charge on any atom is 0.338 e. The summed E-state index contributed by atoms with van der Waals surface area (Å²) in [6.07, 6.45) is 2.04. The van der Waals surface area contributed by atoms with Gasteiger partial charge in [0.2, 0.25) is 5.91 Å². The quantitative estimate of drug-likeness (QED) is 0.818. The second-order valence-electron chi connectivity index (χ2n) is 4.64. The van der Waals surface area contributed by atoms with Gasteiger partial charge in [0.1, 0.15) is 5.69 Å². The summed E-state index contributed by atoms with van der Waals surface area (Å²) < 4.78 is 0. The Kier molecular flexibility index (Phi) is 3.97. The van der Waals surface area contributed by atoms with Gasteiger partial charge in [-0.1, -0.05) is 0 Å². The number of nitrogens with one attached hydrogen (secondary N) is 1. The largest absolute Gasteiger partial charge is 0.478 e. The number of hydrogen-bond donors (Lipinski definition) is 2. The van der Waals surface area contributed by atoms with Crippen LogP contribution in [0.25, 0.3) is 0 Å². The van der Waals surface area contributed by atoms with E-state index in [0.29, 0.717) is 19.5 Å². The molecule has 1 atom stereocenters. The predicted molar refractivity (Wildman–Crippen MR) is 69.3 cm³/mol. The highest BCUT2D eigenvalue weighted by Crippen LogP contribution is 2.15. The fourth-order valence-corrected chi connectivity index (χ4v) is 2.25. The molecule has 1 fully saturated rings. The van der Waals surface area contributed by atoms with Crippen LogP contribution in [0.2, 0.25) is 0 Å². The number of amides is 2. The molecule has 1 aliphatic heterocycles. The zero-order valence-corrected chi connectivity index (χ0v) is 11.0. The second kappa shape index (κ2) is 5.68. The van der Waals surface area contributed by atoms with Crippen molar-refractivity contribution in [2.45, 2.75) is 19.4 Å². The Morgan fingerprint density at radius 3 is 2.85 bits per heavy atom. The smallest absolute Gasteiger partial charge is 0.338 e. The van der Waals surface area contributed by atoms with E-state index in [-0.39, 0.29) is 23.2 Å². The first-order valence-electron chi connectivity index (χ1n) is 6.23. The molecule has 20 heavy (non-hydrogen) atoms. The van der Waals surface area contributed by atoms with Crippen LogP contribution in [0.15, 0.2) is 18.3 Å². The van der Waals surface area contributed by atoms with Crippen LogP contribution < -0.4 is 5.32 Å². The molecule has 0 aromatic carbocycles. The summed E-state index contributed by atoms with van der Waals surface area (Å²) in [5.74, 6) is -1.75. The molecule has 0 spiro atoms. The Bertz CT molecular complexity index is 558. The first kappa shape index (κ1) is 14.0. The van der Waals surface area contributed by atoms with Crippen molar-refractivity contribution in [2.75, 3.05) is 13.1 Å². The molecule has 1 aromatic rings. The Morgan fingerprint density at radius 2 is 2.20 bits per heavy atom. The van der Waals surface area contributed by atoms with Gasteiger partial charge in [0.05, 0.1) is 5.56 Å². The molecule has 2 N–H and O–H groups in total. The van der Waals surface area contributed by atoms with Crippen LogP contribution in [0.3, 0.4) is 0 Å². The fraction of sp³-hybridized carbons (Fsp3) is 0.385. The lowest BCUT2D eigenvalue weighted by Gasteiger charge is -2.17. The van der Waals surface area contributed by atoms with Crippen LogP contribution in [0.5, 0.6) is 0 Å². The average Bonchev–Trinajstić information content (AvgIpc) is 2.85. The highest BCUT2D eigenvalue weighted by atomic mass is 16.4. The third-order valence-electron chi connectivity index (χ3n) is 3.12. The molecule has 0 bridgehead atoms.